The number of nitrogens with one attached hydrogen (secondary N) is 6. The van der Waals surface area contributed by atoms with E-state index in [2.05, 4.69) is 52.1 Å². The first-order chi connectivity index (χ1) is 54.8. The zero-order valence-electron chi connectivity index (χ0n) is 69.2. The molecule has 0 radical (unpaired) electrons. The topological polar surface area (TPSA) is 283 Å². The Kier molecular flexibility index (Phi) is 29.8. The molecule has 7 aromatic rings. The average molecular weight is 1590 g/mol. The number of sulfonamides is 1. The summed E-state index contributed by atoms with van der Waals surface area (Å²) >= 11 is 0. The molecule has 3 aliphatic rings. The maximum Gasteiger partial charge on any atom is 0.417 e. The molecule has 0 aromatic heterocycles. The Balaban J connectivity index is 0.917. The van der Waals surface area contributed by atoms with Crippen LogP contribution in [0.15, 0.2) is 152 Å². The highest BCUT2D eigenvalue weighted by Crippen LogP contribution is 2.45. The molecule has 0 bridgehead atoms. The molecular weight excluding hydrogens is 1470 g/mol. The second kappa shape index (κ2) is 39.3. The van der Waals surface area contributed by atoms with Gasteiger partial charge < -0.3 is 45.5 Å². The lowest BCUT2D eigenvalue weighted by Gasteiger charge is -2.43. The molecule has 115 heavy (non-hydrogen) atoms. The van der Waals surface area contributed by atoms with Crippen LogP contribution < -0.4 is 45.5 Å². The number of anilines is 3. The highest BCUT2D eigenvalue weighted by Gasteiger charge is 2.47. The molecule has 22 heteroatoms. The molecule has 12 atom stereocenters. The van der Waals surface area contributed by atoms with Crippen molar-refractivity contribution in [3.05, 3.63) is 213 Å². The van der Waals surface area contributed by atoms with Crippen LogP contribution in [0.5, 0.6) is 17.2 Å². The predicted molar refractivity (Wildman–Crippen MR) is 449 cm³/mol. The van der Waals surface area contributed by atoms with Gasteiger partial charge in [-0.15, -0.1) is 0 Å². The van der Waals surface area contributed by atoms with Crippen LogP contribution in [0.3, 0.4) is 0 Å². The van der Waals surface area contributed by atoms with Gasteiger partial charge in [0.25, 0.3) is 17.7 Å². The average Bonchev–Trinajstić information content (AvgIpc) is 0.770. The second-order valence-electron chi connectivity index (χ2n) is 33.4. The van der Waals surface area contributed by atoms with Crippen LogP contribution in [0.4, 0.5) is 21.9 Å². The van der Waals surface area contributed by atoms with E-state index in [1.165, 1.54) is 0 Å². The molecule has 0 spiro atoms. The van der Waals surface area contributed by atoms with Gasteiger partial charge in [0.2, 0.25) is 33.7 Å². The number of imide groups is 1. The summed E-state index contributed by atoms with van der Waals surface area (Å²) in [6, 6.07) is 44.6. The summed E-state index contributed by atoms with van der Waals surface area (Å²) in [4.78, 5) is 121. The van der Waals surface area contributed by atoms with Crippen molar-refractivity contribution >= 4 is 74.5 Å². The Bertz CT molecular complexity index is 4710. The molecule has 0 unspecified atom stereocenters. The van der Waals surface area contributed by atoms with E-state index in [1.807, 2.05) is 177 Å². The predicted octanol–water partition coefficient (Wildman–Crippen LogP) is 17.3. The third-order valence-electron chi connectivity index (χ3n) is 23.2. The van der Waals surface area contributed by atoms with Gasteiger partial charge in [-0.05, 0) is 209 Å². The van der Waals surface area contributed by atoms with Crippen LogP contribution >= 0.6 is 0 Å². The van der Waals surface area contributed by atoms with E-state index in [-0.39, 0.29) is 145 Å². The summed E-state index contributed by atoms with van der Waals surface area (Å²) in [6.45, 7) is 27.6. The number of carbonyl (C=O) groups excluding carboxylic acids is 8. The van der Waals surface area contributed by atoms with Crippen LogP contribution in [0, 0.1) is 66.1 Å². The van der Waals surface area contributed by atoms with Gasteiger partial charge in [-0.3, -0.25) is 33.6 Å². The minimum Gasteiger partial charge on any atom is -0.486 e. The number of aryl methyl sites for hydroxylation is 4. The molecule has 0 aliphatic heterocycles. The third-order valence-corrected chi connectivity index (χ3v) is 24.5. The fourth-order valence-corrected chi connectivity index (χ4v) is 17.3. The zero-order valence-corrected chi connectivity index (χ0v) is 70.1. The van der Waals surface area contributed by atoms with Crippen molar-refractivity contribution in [1.82, 2.24) is 20.3 Å². The van der Waals surface area contributed by atoms with Gasteiger partial charge in [-0.25, -0.2) is 22.8 Å². The minimum atomic E-state index is -4.30. The number of hydrogen-bond acceptors (Lipinski definition) is 14. The molecule has 10 rings (SSSR count). The summed E-state index contributed by atoms with van der Waals surface area (Å²) in [5, 5.41) is 15.6. The van der Waals surface area contributed by atoms with Crippen molar-refractivity contribution in [1.29, 1.82) is 0 Å². The van der Waals surface area contributed by atoms with Gasteiger partial charge in [-0.1, -0.05) is 190 Å². The summed E-state index contributed by atoms with van der Waals surface area (Å²) in [5.74, 6) is -5.88. The molecule has 3 fully saturated rings. The quantitative estimate of drug-likeness (QED) is 0.0244. The van der Waals surface area contributed by atoms with Crippen molar-refractivity contribution in [2.75, 3.05) is 21.7 Å². The molecule has 3 saturated carbocycles. The standard InChI is InChI=1S/C93H117N7O14S/c1-15-64-44-74(89(105)95-77-50-72(60(8)41-62(77)10)87(103)96-79-48-65(16-2)45-75(84(79)112-54-69-30-23-19-24-31-69)90(106)99-115(109,110)39-27-34-82(101)94-52-67-37-35-56(4)36-38-67)83(111-53-68-28-21-18-22-29-68)78(47-64)97-88(104)73-51-81(63(11)42-61(73)9)100(92(108)114-93(12,13)14)91(107)76-46-66(17-3)49-80(85(76)113-55-70-32-25-20-26-33-70)98-86(102)71-43-58(6)57(5)40-59(71)7/h18-26,28-33,35-38,44-49,57-63,71-73,77,81H,15-17,27,34,39-43,50-55H2,1-14H3,(H,94,101)(H,95,105)(H,96,103)(H,97,104)(H,98,102)(H,99,106)/t57-,58-,59+,60+,61-,62-,63+,71+,72+,73-,77-,81+/m0/s1. The molecule has 6 N–H and O–H groups in total. The highest BCUT2D eigenvalue weighted by atomic mass is 32.2. The summed E-state index contributed by atoms with van der Waals surface area (Å²) in [7, 11) is -4.30. The molecular formula is C93H117N7O14S. The number of rotatable bonds is 30. The molecule has 3 aliphatic carbocycles. The number of benzene rings is 7. The van der Waals surface area contributed by atoms with E-state index in [4.69, 9.17) is 18.9 Å². The molecule has 8 amide bonds. The van der Waals surface area contributed by atoms with Gasteiger partial charge >= 0.3 is 6.09 Å². The zero-order chi connectivity index (χ0) is 83.0. The van der Waals surface area contributed by atoms with Gasteiger partial charge in [0, 0.05) is 42.8 Å². The van der Waals surface area contributed by atoms with Crippen LogP contribution in [0.2, 0.25) is 0 Å². The number of amides is 8. The van der Waals surface area contributed by atoms with Crippen molar-refractivity contribution in [2.45, 2.75) is 212 Å². The molecule has 21 nitrogen and oxygen atoms in total. The van der Waals surface area contributed by atoms with Crippen LogP contribution in [0.25, 0.3) is 0 Å². The minimum absolute atomic E-state index is 0.00653. The molecule has 614 valence electrons. The van der Waals surface area contributed by atoms with E-state index in [0.29, 0.717) is 67.2 Å². The van der Waals surface area contributed by atoms with Crippen LogP contribution in [-0.4, -0.2) is 84.2 Å². The molecule has 0 heterocycles. The highest BCUT2D eigenvalue weighted by molar-refractivity contribution is 7.90. The third kappa shape index (κ3) is 23.2. The number of carbonyl (C=O) groups is 8. The van der Waals surface area contributed by atoms with Gasteiger partial charge in [-0.2, -0.15) is 0 Å². The lowest BCUT2D eigenvalue weighted by Crippen LogP contribution is -2.54. The SMILES string of the molecule is CCc1cc(NC(=O)[C@H]2C[C@@H](N(C(=O)OC(C)(C)C)C(=O)c3cc(CC)cc(NC(=O)[C@@H]4C[C@H](C)[C@@H](C)C[C@H]4C)c3OCc3ccccc3)[C@H](C)C[C@@H]2C)c(OCc2ccccc2)c(C(=O)N[C@H]2C[C@@H](C(=O)Nc3cc(CC)cc(C(=O)NS(=O)(=O)CCCC(=O)NCc4ccc(C)cc4)c3OCc3ccccc3)[C@H](C)C[C@@H]2C)c1. The fraction of sp³-hybridized carbons (Fsp3) is 0.462. The monoisotopic (exact) mass is 1590 g/mol. The van der Waals surface area contributed by atoms with Crippen LogP contribution in [0.1, 0.15) is 217 Å². The second-order valence-corrected chi connectivity index (χ2v) is 35.2. The Morgan fingerprint density at radius 1 is 0.452 bits per heavy atom. The molecule has 0 saturated heterocycles. The van der Waals surface area contributed by atoms with E-state index < -0.39 is 80.9 Å². The van der Waals surface area contributed by atoms with Gasteiger partial charge in [0.15, 0.2) is 17.2 Å². The van der Waals surface area contributed by atoms with Crippen molar-refractivity contribution in [3.63, 3.8) is 0 Å². The van der Waals surface area contributed by atoms with E-state index in [1.54, 1.807) is 51.1 Å². The number of ether oxygens (including phenoxy) is 4. The van der Waals surface area contributed by atoms with E-state index in [9.17, 15) is 22.8 Å². The normalized spacial score (nSPS) is 21.4. The van der Waals surface area contributed by atoms with Gasteiger partial charge in [0.1, 0.15) is 25.4 Å². The maximum absolute atomic E-state index is 16.1. The first-order valence-electron chi connectivity index (χ1n) is 41.0. The summed E-state index contributed by atoms with van der Waals surface area (Å²) in [6.07, 6.45) is 2.97. The van der Waals surface area contributed by atoms with Gasteiger partial charge in [0.05, 0.1) is 39.5 Å². The Morgan fingerprint density at radius 3 is 1.32 bits per heavy atom. The fourth-order valence-electron chi connectivity index (χ4n) is 16.3. The van der Waals surface area contributed by atoms with Crippen molar-refractivity contribution < 1.29 is 65.7 Å². The molecule has 7 aromatic carbocycles. The van der Waals surface area contributed by atoms with Crippen molar-refractivity contribution in [3.8, 4) is 17.2 Å². The Hall–Kier alpha value is -10.4. The smallest absolute Gasteiger partial charge is 0.417 e. The number of hydrogen-bond donors (Lipinski definition) is 6. The lowest BCUT2D eigenvalue weighted by atomic mass is 9.70. The van der Waals surface area contributed by atoms with E-state index >= 15 is 24.0 Å². The summed E-state index contributed by atoms with van der Waals surface area (Å²) in [5.41, 5.74) is 6.02. The summed E-state index contributed by atoms with van der Waals surface area (Å²) < 4.78 is 55.6. The van der Waals surface area contributed by atoms with Crippen LogP contribution in [-0.2, 0) is 79.6 Å². The maximum atomic E-state index is 16.1. The Morgan fingerprint density at radius 2 is 0.861 bits per heavy atom. The van der Waals surface area contributed by atoms with E-state index in [0.717, 1.165) is 44.7 Å². The lowest BCUT2D eigenvalue weighted by molar-refractivity contribution is -0.124. The first-order valence-corrected chi connectivity index (χ1v) is 42.6. The Labute approximate surface area is 679 Å². The first kappa shape index (κ1) is 87.0. The number of nitrogens with zero attached hydrogens (tertiary/aromatic N) is 1. The van der Waals surface area contributed by atoms with Crippen molar-refractivity contribution in [2.24, 2.45) is 59.2 Å². The largest absolute Gasteiger partial charge is 0.486 e.